The first-order chi connectivity index (χ1) is 6.57. The molecule has 0 fully saturated rings. The van der Waals surface area contributed by atoms with Gasteiger partial charge in [-0.1, -0.05) is 35.0 Å². The third-order valence-corrected chi connectivity index (χ3v) is 3.31. The third-order valence-electron chi connectivity index (χ3n) is 2.17. The highest BCUT2D eigenvalue weighted by Gasteiger charge is 2.17. The van der Waals surface area contributed by atoms with Gasteiger partial charge in [0.15, 0.2) is 0 Å². The number of phenols is 1. The van der Waals surface area contributed by atoms with Crippen molar-refractivity contribution >= 4 is 21.7 Å². The van der Waals surface area contributed by atoms with Crippen LogP contribution in [0, 0.1) is 0 Å². The molecule has 1 atom stereocenters. The van der Waals surface area contributed by atoms with Crippen molar-refractivity contribution in [3.05, 3.63) is 29.3 Å². The number of aromatic hydroxyl groups is 1. The Hall–Kier alpha value is -0.830. The number of halogens is 1. The fraction of sp³-hybridized carbons (Fsp3) is 0.364. The number of Topliss-reactive ketones (excluding diaryl/α,β-unsaturated/α-hetero) is 1. The van der Waals surface area contributed by atoms with Gasteiger partial charge in [0.1, 0.15) is 11.5 Å². The molecule has 0 aliphatic carbocycles. The molecule has 0 bridgehead atoms. The summed E-state index contributed by atoms with van der Waals surface area (Å²) < 4.78 is 0. The van der Waals surface area contributed by atoms with Crippen LogP contribution in [0.25, 0.3) is 0 Å². The molecule has 2 nitrogen and oxygen atoms in total. The number of ketones is 1. The standard InChI is InChI=1S/C11H13BrO2/c1-3-8-9(11(12)7(2)13)5-4-6-10(8)14/h4-6,11,14H,3H2,1-2H3. The smallest absolute Gasteiger partial charge is 0.147 e. The lowest BCUT2D eigenvalue weighted by molar-refractivity contribution is -0.116. The number of hydrogen-bond acceptors (Lipinski definition) is 2. The largest absolute Gasteiger partial charge is 0.508 e. The first-order valence-electron chi connectivity index (χ1n) is 4.53. The summed E-state index contributed by atoms with van der Waals surface area (Å²) in [6.45, 7) is 3.49. The molecule has 0 aliphatic heterocycles. The van der Waals surface area contributed by atoms with Gasteiger partial charge in [-0.15, -0.1) is 0 Å². The SMILES string of the molecule is CCc1c(O)cccc1C(Br)C(C)=O. The lowest BCUT2D eigenvalue weighted by atomic mass is 10.00. The maximum Gasteiger partial charge on any atom is 0.147 e. The topological polar surface area (TPSA) is 37.3 Å². The monoisotopic (exact) mass is 256 g/mol. The van der Waals surface area contributed by atoms with E-state index in [0.29, 0.717) is 0 Å². The lowest BCUT2D eigenvalue weighted by Gasteiger charge is -2.12. The zero-order valence-corrected chi connectivity index (χ0v) is 9.84. The number of benzene rings is 1. The van der Waals surface area contributed by atoms with Gasteiger partial charge >= 0.3 is 0 Å². The zero-order valence-electron chi connectivity index (χ0n) is 8.25. The number of alkyl halides is 1. The normalized spacial score (nSPS) is 12.5. The minimum Gasteiger partial charge on any atom is -0.508 e. The molecule has 3 heteroatoms. The summed E-state index contributed by atoms with van der Waals surface area (Å²) in [5.74, 6) is 0.306. The van der Waals surface area contributed by atoms with E-state index in [1.807, 2.05) is 13.0 Å². The summed E-state index contributed by atoms with van der Waals surface area (Å²) in [5.41, 5.74) is 1.70. The van der Waals surface area contributed by atoms with Crippen molar-refractivity contribution in [1.29, 1.82) is 0 Å². The molecule has 0 saturated carbocycles. The molecule has 0 amide bonds. The van der Waals surface area contributed by atoms with Crippen molar-refractivity contribution in [2.75, 3.05) is 0 Å². The van der Waals surface area contributed by atoms with Gasteiger partial charge in [-0.2, -0.15) is 0 Å². The second-order valence-corrected chi connectivity index (χ2v) is 4.09. The predicted molar refractivity (Wildman–Crippen MR) is 59.8 cm³/mol. The molecule has 1 N–H and O–H groups in total. The van der Waals surface area contributed by atoms with E-state index in [4.69, 9.17) is 0 Å². The van der Waals surface area contributed by atoms with Gasteiger partial charge in [0.25, 0.3) is 0 Å². The molecular formula is C11H13BrO2. The average Bonchev–Trinajstić information content (AvgIpc) is 2.16. The summed E-state index contributed by atoms with van der Waals surface area (Å²) in [6, 6.07) is 5.25. The Morgan fingerprint density at radius 2 is 2.21 bits per heavy atom. The number of rotatable bonds is 3. The van der Waals surface area contributed by atoms with E-state index in [1.165, 1.54) is 6.92 Å². The van der Waals surface area contributed by atoms with Gasteiger partial charge in [0, 0.05) is 0 Å². The summed E-state index contributed by atoms with van der Waals surface area (Å²) in [6.07, 6.45) is 0.720. The van der Waals surface area contributed by atoms with Crippen LogP contribution >= 0.6 is 15.9 Å². The minimum absolute atomic E-state index is 0.0466. The first kappa shape index (κ1) is 11.2. The van der Waals surface area contributed by atoms with Crippen LogP contribution in [0.3, 0.4) is 0 Å². The summed E-state index contributed by atoms with van der Waals surface area (Å²) in [4.78, 5) is 10.9. The van der Waals surface area contributed by atoms with Gasteiger partial charge in [-0.05, 0) is 30.5 Å². The highest BCUT2D eigenvalue weighted by Crippen LogP contribution is 2.31. The van der Waals surface area contributed by atoms with Crippen LogP contribution in [0.15, 0.2) is 18.2 Å². The van der Waals surface area contributed by atoms with Gasteiger partial charge in [0.2, 0.25) is 0 Å². The summed E-state index contributed by atoms with van der Waals surface area (Å²) in [7, 11) is 0. The van der Waals surface area contributed by atoms with Gasteiger partial charge in [-0.3, -0.25) is 4.79 Å². The molecule has 0 radical (unpaired) electrons. The van der Waals surface area contributed by atoms with E-state index in [9.17, 15) is 9.90 Å². The predicted octanol–water partition coefficient (Wildman–Crippen LogP) is 2.98. The second kappa shape index (κ2) is 4.60. The zero-order chi connectivity index (χ0) is 10.7. The van der Waals surface area contributed by atoms with Crippen LogP contribution < -0.4 is 0 Å². The molecule has 76 valence electrons. The maximum atomic E-state index is 11.2. The van der Waals surface area contributed by atoms with Crippen LogP contribution in [0.5, 0.6) is 5.75 Å². The minimum atomic E-state index is -0.315. The van der Waals surface area contributed by atoms with Crippen molar-refractivity contribution in [1.82, 2.24) is 0 Å². The third kappa shape index (κ3) is 2.15. The van der Waals surface area contributed by atoms with E-state index in [1.54, 1.807) is 12.1 Å². The molecule has 1 rings (SSSR count). The van der Waals surface area contributed by atoms with Crippen LogP contribution in [0.2, 0.25) is 0 Å². The summed E-state index contributed by atoms with van der Waals surface area (Å²) in [5, 5.41) is 9.59. The van der Waals surface area contributed by atoms with Crippen LogP contribution in [-0.2, 0) is 11.2 Å². The molecule has 14 heavy (non-hydrogen) atoms. The van der Waals surface area contributed by atoms with Crippen LogP contribution in [0.4, 0.5) is 0 Å². The Labute approximate surface area is 92.1 Å². The quantitative estimate of drug-likeness (QED) is 0.845. The van der Waals surface area contributed by atoms with Gasteiger partial charge in [0.05, 0.1) is 4.83 Å². The fourth-order valence-corrected chi connectivity index (χ4v) is 1.86. The molecule has 0 aliphatic rings. The summed E-state index contributed by atoms with van der Waals surface area (Å²) >= 11 is 3.32. The van der Waals surface area contributed by atoms with E-state index >= 15 is 0 Å². The second-order valence-electron chi connectivity index (χ2n) is 3.17. The Balaban J connectivity index is 3.20. The number of phenolic OH excluding ortho intramolecular Hbond substituents is 1. The van der Waals surface area contributed by atoms with Crippen LogP contribution in [0.1, 0.15) is 29.8 Å². The molecule has 1 unspecified atom stereocenters. The average molecular weight is 257 g/mol. The van der Waals surface area contributed by atoms with E-state index in [-0.39, 0.29) is 16.4 Å². The van der Waals surface area contributed by atoms with Gasteiger partial charge < -0.3 is 5.11 Å². The fourth-order valence-electron chi connectivity index (χ4n) is 1.43. The molecule has 0 spiro atoms. The number of carbonyl (C=O) groups is 1. The maximum absolute atomic E-state index is 11.2. The van der Waals surface area contributed by atoms with Crippen molar-refractivity contribution in [2.45, 2.75) is 25.1 Å². The van der Waals surface area contributed by atoms with E-state index in [0.717, 1.165) is 17.5 Å². The number of hydrogen-bond donors (Lipinski definition) is 1. The lowest BCUT2D eigenvalue weighted by Crippen LogP contribution is -2.04. The van der Waals surface area contributed by atoms with Crippen molar-refractivity contribution < 1.29 is 9.90 Å². The Kier molecular flexibility index (Phi) is 3.69. The highest BCUT2D eigenvalue weighted by molar-refractivity contribution is 9.09. The van der Waals surface area contributed by atoms with Crippen molar-refractivity contribution in [3.8, 4) is 5.75 Å². The molecule has 0 saturated heterocycles. The van der Waals surface area contributed by atoms with Crippen LogP contribution in [-0.4, -0.2) is 10.9 Å². The molecule has 0 aromatic heterocycles. The van der Waals surface area contributed by atoms with E-state index in [2.05, 4.69) is 15.9 Å². The highest BCUT2D eigenvalue weighted by atomic mass is 79.9. The van der Waals surface area contributed by atoms with E-state index < -0.39 is 0 Å². The van der Waals surface area contributed by atoms with Gasteiger partial charge in [-0.25, -0.2) is 0 Å². The first-order valence-corrected chi connectivity index (χ1v) is 5.44. The molecule has 1 aromatic carbocycles. The molecule has 0 heterocycles. The molecule has 1 aromatic rings. The van der Waals surface area contributed by atoms with Crippen molar-refractivity contribution in [2.24, 2.45) is 0 Å². The Bertz CT molecular complexity index is 347. The number of carbonyl (C=O) groups excluding carboxylic acids is 1. The Morgan fingerprint density at radius 3 is 2.71 bits per heavy atom. The Morgan fingerprint density at radius 1 is 1.57 bits per heavy atom. The molecular weight excluding hydrogens is 244 g/mol. The van der Waals surface area contributed by atoms with Crippen molar-refractivity contribution in [3.63, 3.8) is 0 Å².